The predicted octanol–water partition coefficient (Wildman–Crippen LogP) is 6.37. The van der Waals surface area contributed by atoms with Gasteiger partial charge in [0.15, 0.2) is 0 Å². The summed E-state index contributed by atoms with van der Waals surface area (Å²) in [5, 5.41) is 14.8. The molecule has 0 saturated carbocycles. The maximum absolute atomic E-state index is 14.4. The van der Waals surface area contributed by atoms with Crippen LogP contribution in [0.5, 0.6) is 5.75 Å². The lowest BCUT2D eigenvalue weighted by molar-refractivity contribution is -0.125. The summed E-state index contributed by atoms with van der Waals surface area (Å²) in [7, 11) is 0. The van der Waals surface area contributed by atoms with Crippen LogP contribution < -0.4 is 10.1 Å². The Balaban J connectivity index is 1.05. The molecule has 4 aromatic rings. The predicted molar refractivity (Wildman–Crippen MR) is 195 cm³/mol. The molecule has 0 bridgehead atoms. The van der Waals surface area contributed by atoms with E-state index in [4.69, 9.17) is 18.9 Å². The fourth-order valence-electron chi connectivity index (χ4n) is 6.15. The van der Waals surface area contributed by atoms with E-state index in [9.17, 15) is 18.8 Å². The van der Waals surface area contributed by atoms with E-state index in [0.717, 1.165) is 32.5 Å². The smallest absolute Gasteiger partial charge is 0.410 e. The van der Waals surface area contributed by atoms with Gasteiger partial charge in [-0.3, -0.25) is 4.79 Å². The lowest BCUT2D eigenvalue weighted by Crippen LogP contribution is -2.39. The largest absolute Gasteiger partial charge is 0.490 e. The Hall–Kier alpha value is -5.08. The zero-order chi connectivity index (χ0) is 36.8. The van der Waals surface area contributed by atoms with Gasteiger partial charge in [0.25, 0.3) is 0 Å². The molecule has 2 aromatic carbocycles. The molecule has 6 rings (SSSR count). The third-order valence-electron chi connectivity index (χ3n) is 8.63. The highest BCUT2D eigenvalue weighted by atomic mass is 32.1. The van der Waals surface area contributed by atoms with Crippen LogP contribution in [0.3, 0.4) is 0 Å². The number of nitrogens with one attached hydrogen (secondary N) is 1. The number of alkyl carbamates (subject to hydrolysis) is 1. The zero-order valence-corrected chi connectivity index (χ0v) is 30.3. The van der Waals surface area contributed by atoms with E-state index in [-0.39, 0.29) is 44.5 Å². The highest BCUT2D eigenvalue weighted by Gasteiger charge is 2.28. The van der Waals surface area contributed by atoms with Crippen molar-refractivity contribution in [2.75, 3.05) is 46.0 Å². The van der Waals surface area contributed by atoms with Crippen molar-refractivity contribution in [1.29, 1.82) is 0 Å². The maximum Gasteiger partial charge on any atom is 0.410 e. The standard InChI is InChI=1S/C38H42FN5O7S/c1-5-32(45)43-15-11-28(23-43)50-36(46)40-13-16-48-17-18-49-31-21-27(39)8-9-29(31)34-35-30(12-19-52-35)33(41-42-34)25-6-7-26-22-44(14-10-24(26)20-25)37(47)51-38(2,3)4/h5-9,12,19-21,28H,1,10-11,13-18,22-23H2,2-4H3,(H,40,46). The van der Waals surface area contributed by atoms with Crippen molar-refractivity contribution in [2.24, 2.45) is 0 Å². The van der Waals surface area contributed by atoms with Gasteiger partial charge in [0.1, 0.15) is 41.3 Å². The monoisotopic (exact) mass is 731 g/mol. The number of benzene rings is 2. The van der Waals surface area contributed by atoms with Gasteiger partial charge in [0.05, 0.1) is 24.5 Å². The molecule has 2 aromatic heterocycles. The van der Waals surface area contributed by atoms with Crippen molar-refractivity contribution in [2.45, 2.75) is 51.9 Å². The number of likely N-dealkylation sites (tertiary alicyclic amines) is 1. The molecule has 2 aliphatic rings. The summed E-state index contributed by atoms with van der Waals surface area (Å²) >= 11 is 1.52. The average Bonchev–Trinajstić information content (AvgIpc) is 3.80. The summed E-state index contributed by atoms with van der Waals surface area (Å²) in [6, 6.07) is 12.5. The highest BCUT2D eigenvalue weighted by Crippen LogP contribution is 2.40. The van der Waals surface area contributed by atoms with Gasteiger partial charge >= 0.3 is 12.2 Å². The Morgan fingerprint density at radius 2 is 1.85 bits per heavy atom. The average molecular weight is 732 g/mol. The molecule has 12 nitrogen and oxygen atoms in total. The van der Waals surface area contributed by atoms with Gasteiger partial charge in [-0.25, -0.2) is 14.0 Å². The molecule has 2 aliphatic heterocycles. The number of nitrogens with zero attached hydrogens (tertiary/aromatic N) is 4. The summed E-state index contributed by atoms with van der Waals surface area (Å²) in [6.07, 6.45) is 1.26. The molecule has 274 valence electrons. The Morgan fingerprint density at radius 3 is 2.65 bits per heavy atom. The number of thiophene rings is 1. The normalized spacial score (nSPS) is 15.7. The van der Waals surface area contributed by atoms with E-state index in [2.05, 4.69) is 28.2 Å². The van der Waals surface area contributed by atoms with Crippen LogP contribution in [0.1, 0.15) is 38.3 Å². The molecule has 14 heteroatoms. The van der Waals surface area contributed by atoms with E-state index in [0.29, 0.717) is 56.0 Å². The Labute approximate surface area is 305 Å². The van der Waals surface area contributed by atoms with Crippen molar-refractivity contribution in [3.05, 3.63) is 77.4 Å². The fraction of sp³-hybridized carbons (Fsp3) is 0.395. The van der Waals surface area contributed by atoms with Gasteiger partial charge in [-0.05, 0) is 74.0 Å². The lowest BCUT2D eigenvalue weighted by atomic mass is 9.95. The first-order chi connectivity index (χ1) is 25.0. The second-order valence-electron chi connectivity index (χ2n) is 13.5. The molecule has 1 saturated heterocycles. The summed E-state index contributed by atoms with van der Waals surface area (Å²) < 4.78 is 37.8. The highest BCUT2D eigenvalue weighted by molar-refractivity contribution is 7.17. The number of amides is 3. The Bertz CT molecular complexity index is 1960. The summed E-state index contributed by atoms with van der Waals surface area (Å²) in [6.45, 7) is 11.7. The molecule has 1 N–H and O–H groups in total. The number of hydrogen-bond acceptors (Lipinski definition) is 10. The van der Waals surface area contributed by atoms with E-state index in [1.807, 2.05) is 44.4 Å². The number of fused-ring (bicyclic) bond motifs is 2. The van der Waals surface area contributed by atoms with E-state index in [1.54, 1.807) is 15.9 Å². The zero-order valence-electron chi connectivity index (χ0n) is 29.5. The SMILES string of the molecule is C=CC(=O)N1CCC(OC(=O)NCCOCCOc2cc(F)ccc2-c2nnc(-c3ccc4c(c3)CCN(C(=O)OC(C)(C)C)C4)c3ccsc23)C1. The molecule has 0 radical (unpaired) electrons. The van der Waals surface area contributed by atoms with Crippen LogP contribution in [0.15, 0.2) is 60.5 Å². The van der Waals surface area contributed by atoms with Crippen molar-refractivity contribution in [3.8, 4) is 28.3 Å². The topological polar surface area (TPSA) is 132 Å². The first-order valence-corrected chi connectivity index (χ1v) is 18.1. The van der Waals surface area contributed by atoms with Gasteiger partial charge in [0.2, 0.25) is 5.91 Å². The fourth-order valence-corrected chi connectivity index (χ4v) is 7.04. The number of hydrogen-bond donors (Lipinski definition) is 1. The van der Waals surface area contributed by atoms with Crippen LogP contribution in [0.25, 0.3) is 32.6 Å². The molecule has 1 unspecified atom stereocenters. The van der Waals surface area contributed by atoms with Crippen LogP contribution in [0.2, 0.25) is 0 Å². The number of ether oxygens (including phenoxy) is 4. The number of rotatable bonds is 11. The van der Waals surface area contributed by atoms with Crippen LogP contribution in [-0.2, 0) is 32.0 Å². The van der Waals surface area contributed by atoms with Crippen molar-refractivity contribution in [1.82, 2.24) is 25.3 Å². The summed E-state index contributed by atoms with van der Waals surface area (Å²) in [4.78, 5) is 39.8. The van der Waals surface area contributed by atoms with Crippen molar-refractivity contribution in [3.63, 3.8) is 0 Å². The van der Waals surface area contributed by atoms with Gasteiger partial charge in [-0.1, -0.05) is 18.7 Å². The molecule has 0 aliphatic carbocycles. The molecular formula is C38H42FN5O7S. The summed E-state index contributed by atoms with van der Waals surface area (Å²) in [5.74, 6) is -0.324. The number of carbonyl (C=O) groups is 3. The maximum atomic E-state index is 14.4. The van der Waals surface area contributed by atoms with Crippen LogP contribution in [0.4, 0.5) is 14.0 Å². The number of carbonyl (C=O) groups excluding carboxylic acids is 3. The molecule has 1 atom stereocenters. The van der Waals surface area contributed by atoms with Crippen molar-refractivity contribution >= 4 is 39.5 Å². The van der Waals surface area contributed by atoms with Gasteiger partial charge in [0, 0.05) is 55.2 Å². The third kappa shape index (κ3) is 8.86. The molecular weight excluding hydrogens is 690 g/mol. The van der Waals surface area contributed by atoms with E-state index >= 15 is 0 Å². The van der Waals surface area contributed by atoms with Crippen LogP contribution in [-0.4, -0.2) is 95.8 Å². The second-order valence-corrected chi connectivity index (χ2v) is 14.4. The summed E-state index contributed by atoms with van der Waals surface area (Å²) in [5.41, 5.74) is 4.51. The first-order valence-electron chi connectivity index (χ1n) is 17.2. The minimum absolute atomic E-state index is 0.135. The first kappa shape index (κ1) is 36.7. The van der Waals surface area contributed by atoms with Crippen LogP contribution >= 0.6 is 11.3 Å². The Kier molecular flexibility index (Phi) is 11.3. The minimum atomic E-state index is -0.576. The second kappa shape index (κ2) is 16.1. The molecule has 1 fully saturated rings. The number of halogens is 1. The molecule has 0 spiro atoms. The molecule has 52 heavy (non-hydrogen) atoms. The van der Waals surface area contributed by atoms with Crippen molar-refractivity contribution < 1.29 is 37.7 Å². The van der Waals surface area contributed by atoms with E-state index in [1.165, 1.54) is 29.5 Å². The number of aromatic nitrogens is 2. The van der Waals surface area contributed by atoms with Gasteiger partial charge in [-0.2, -0.15) is 0 Å². The van der Waals surface area contributed by atoms with Gasteiger partial charge in [-0.15, -0.1) is 21.5 Å². The molecule has 3 amide bonds. The lowest BCUT2D eigenvalue weighted by Gasteiger charge is -2.31. The Morgan fingerprint density at radius 1 is 1.02 bits per heavy atom. The van der Waals surface area contributed by atoms with E-state index < -0.39 is 17.5 Å². The van der Waals surface area contributed by atoms with Crippen LogP contribution in [0, 0.1) is 5.82 Å². The quantitative estimate of drug-likeness (QED) is 0.138. The third-order valence-corrected chi connectivity index (χ3v) is 9.55. The van der Waals surface area contributed by atoms with Gasteiger partial charge < -0.3 is 34.1 Å². The minimum Gasteiger partial charge on any atom is -0.490 e. The molecule has 4 heterocycles.